The van der Waals surface area contributed by atoms with Crippen molar-refractivity contribution in [2.24, 2.45) is 5.92 Å². The Labute approximate surface area is 71.6 Å². The monoisotopic (exact) mass is 171 g/mol. The van der Waals surface area contributed by atoms with Crippen LogP contribution in [0.2, 0.25) is 0 Å². The van der Waals surface area contributed by atoms with Crippen molar-refractivity contribution >= 4 is 12.4 Å². The van der Waals surface area contributed by atoms with Gasteiger partial charge in [0.05, 0.1) is 6.61 Å². The molecule has 0 aromatic rings. The van der Waals surface area contributed by atoms with Crippen LogP contribution in [-0.4, -0.2) is 25.5 Å². The van der Waals surface area contributed by atoms with Gasteiger partial charge in [0.25, 0.3) is 0 Å². The van der Waals surface area contributed by atoms with E-state index in [1.807, 2.05) is 6.92 Å². The Morgan fingerprint density at radius 2 is 2.42 bits per heavy atom. The molecule has 0 rings (SSSR count). The third-order valence-electron chi connectivity index (χ3n) is 1.23. The lowest BCUT2D eigenvalue weighted by molar-refractivity contribution is -0.138. The average molecular weight is 171 g/mol. The Balaban J connectivity index is 3.42. The normalized spacial score (nSPS) is 11.4. The first-order valence-electron chi connectivity index (χ1n) is 3.67. The molecule has 4 nitrogen and oxygen atoms in total. The molecule has 0 aliphatic heterocycles. The van der Waals surface area contributed by atoms with E-state index < -0.39 is 5.97 Å². The third-order valence-corrected chi connectivity index (χ3v) is 1.23. The van der Waals surface area contributed by atoms with Crippen molar-refractivity contribution in [2.45, 2.75) is 6.92 Å². The number of nitrogens with one attached hydrogen (secondary N) is 1. The topological polar surface area (TPSA) is 55.4 Å². The van der Waals surface area contributed by atoms with Gasteiger partial charge in [-0.25, -0.2) is 4.79 Å². The summed E-state index contributed by atoms with van der Waals surface area (Å²) < 4.78 is 4.74. The van der Waals surface area contributed by atoms with E-state index in [0.717, 1.165) is 6.08 Å². The fraction of sp³-hybridized carbons (Fsp3) is 0.500. The minimum Gasteiger partial charge on any atom is -0.462 e. The second kappa shape index (κ2) is 6.39. The minimum atomic E-state index is -0.437. The van der Waals surface area contributed by atoms with Crippen LogP contribution in [0.5, 0.6) is 0 Å². The number of carbonyl (C=O) groups is 2. The van der Waals surface area contributed by atoms with Crippen LogP contribution in [0.1, 0.15) is 6.92 Å². The van der Waals surface area contributed by atoms with Crippen molar-refractivity contribution in [3.8, 4) is 0 Å². The zero-order chi connectivity index (χ0) is 9.40. The van der Waals surface area contributed by atoms with Crippen molar-refractivity contribution < 1.29 is 14.3 Å². The smallest absolute Gasteiger partial charge is 0.330 e. The highest BCUT2D eigenvalue weighted by atomic mass is 16.5. The van der Waals surface area contributed by atoms with Gasteiger partial charge in [-0.1, -0.05) is 13.5 Å². The quantitative estimate of drug-likeness (QED) is 0.350. The number of hydrogen-bond donors (Lipinski definition) is 1. The summed E-state index contributed by atoms with van der Waals surface area (Å²) in [4.78, 5) is 20.4. The summed E-state index contributed by atoms with van der Waals surface area (Å²) in [5.41, 5.74) is 0. The van der Waals surface area contributed by atoms with Crippen LogP contribution in [0.25, 0.3) is 0 Å². The van der Waals surface area contributed by atoms with Crippen LogP contribution in [-0.2, 0) is 14.3 Å². The Bertz CT molecular complexity index is 168. The first kappa shape index (κ1) is 10.7. The maximum absolute atomic E-state index is 10.6. The van der Waals surface area contributed by atoms with E-state index in [0.29, 0.717) is 19.6 Å². The van der Waals surface area contributed by atoms with E-state index in [2.05, 4.69) is 11.9 Å². The molecule has 1 N–H and O–H groups in total. The molecule has 0 fully saturated rings. The molecule has 0 spiro atoms. The number of amides is 1. The number of hydrogen-bond acceptors (Lipinski definition) is 3. The molecule has 68 valence electrons. The summed E-state index contributed by atoms with van der Waals surface area (Å²) in [6.45, 7) is 5.93. The maximum atomic E-state index is 10.6. The molecular weight excluding hydrogens is 158 g/mol. The van der Waals surface area contributed by atoms with Crippen LogP contribution < -0.4 is 5.32 Å². The SMILES string of the molecule is C=CC(=O)OCC(C)CNC=O. The average Bonchev–Trinajstić information content (AvgIpc) is 2.10. The van der Waals surface area contributed by atoms with Gasteiger partial charge in [0, 0.05) is 18.5 Å². The molecule has 0 aliphatic rings. The summed E-state index contributed by atoms with van der Waals surface area (Å²) in [5, 5.41) is 2.49. The second-order valence-corrected chi connectivity index (χ2v) is 2.47. The summed E-state index contributed by atoms with van der Waals surface area (Å²) in [7, 11) is 0. The lowest BCUT2D eigenvalue weighted by Gasteiger charge is -2.09. The highest BCUT2D eigenvalue weighted by Crippen LogP contribution is 1.93. The molecule has 12 heavy (non-hydrogen) atoms. The van der Waals surface area contributed by atoms with E-state index in [4.69, 9.17) is 4.74 Å². The van der Waals surface area contributed by atoms with Crippen molar-refractivity contribution in [1.29, 1.82) is 0 Å². The van der Waals surface area contributed by atoms with Gasteiger partial charge in [-0.05, 0) is 0 Å². The predicted octanol–water partition coefficient (Wildman–Crippen LogP) is 0.0977. The Morgan fingerprint density at radius 1 is 1.75 bits per heavy atom. The van der Waals surface area contributed by atoms with Gasteiger partial charge in [0.15, 0.2) is 0 Å². The molecule has 4 heteroatoms. The highest BCUT2D eigenvalue weighted by molar-refractivity contribution is 5.81. The summed E-state index contributed by atoms with van der Waals surface area (Å²) in [5.74, 6) is -0.313. The minimum absolute atomic E-state index is 0.124. The number of carbonyl (C=O) groups excluding carboxylic acids is 2. The zero-order valence-electron chi connectivity index (χ0n) is 7.08. The van der Waals surface area contributed by atoms with Gasteiger partial charge in [-0.15, -0.1) is 0 Å². The lowest BCUT2D eigenvalue weighted by Crippen LogP contribution is -2.23. The molecule has 0 bridgehead atoms. The molecule has 0 aromatic heterocycles. The van der Waals surface area contributed by atoms with Crippen molar-refractivity contribution in [3.05, 3.63) is 12.7 Å². The highest BCUT2D eigenvalue weighted by Gasteiger charge is 2.03. The van der Waals surface area contributed by atoms with Crippen LogP contribution >= 0.6 is 0 Å². The van der Waals surface area contributed by atoms with E-state index in [1.54, 1.807) is 0 Å². The van der Waals surface area contributed by atoms with Crippen LogP contribution in [0, 0.1) is 5.92 Å². The molecule has 1 unspecified atom stereocenters. The number of rotatable bonds is 6. The van der Waals surface area contributed by atoms with Crippen LogP contribution in [0.15, 0.2) is 12.7 Å². The van der Waals surface area contributed by atoms with E-state index in [1.165, 1.54) is 0 Å². The molecule has 1 amide bonds. The fourth-order valence-electron chi connectivity index (χ4n) is 0.592. The molecule has 1 atom stereocenters. The van der Waals surface area contributed by atoms with Gasteiger partial charge in [-0.3, -0.25) is 4.79 Å². The standard InChI is InChI=1S/C8H13NO3/c1-3-8(11)12-5-7(2)4-9-6-10/h3,6-7H,1,4-5H2,2H3,(H,9,10). The first-order valence-corrected chi connectivity index (χ1v) is 3.67. The van der Waals surface area contributed by atoms with Gasteiger partial charge < -0.3 is 10.1 Å². The molecule has 0 radical (unpaired) electrons. The second-order valence-electron chi connectivity index (χ2n) is 2.47. The molecule has 0 saturated carbocycles. The summed E-state index contributed by atoms with van der Waals surface area (Å²) in [6, 6.07) is 0. The van der Waals surface area contributed by atoms with Crippen LogP contribution in [0.3, 0.4) is 0 Å². The first-order chi connectivity index (χ1) is 5.70. The Kier molecular flexibility index (Phi) is 5.69. The molecular formula is C8H13NO3. The Morgan fingerprint density at radius 3 is 2.92 bits per heavy atom. The number of esters is 1. The largest absolute Gasteiger partial charge is 0.462 e. The lowest BCUT2D eigenvalue weighted by atomic mass is 10.2. The summed E-state index contributed by atoms with van der Waals surface area (Å²) in [6.07, 6.45) is 1.73. The van der Waals surface area contributed by atoms with E-state index >= 15 is 0 Å². The molecule has 0 aliphatic carbocycles. The van der Waals surface area contributed by atoms with Crippen molar-refractivity contribution in [3.63, 3.8) is 0 Å². The van der Waals surface area contributed by atoms with Crippen molar-refractivity contribution in [1.82, 2.24) is 5.32 Å². The van der Waals surface area contributed by atoms with Gasteiger partial charge >= 0.3 is 5.97 Å². The van der Waals surface area contributed by atoms with E-state index in [9.17, 15) is 9.59 Å². The Hall–Kier alpha value is -1.32. The molecule has 0 heterocycles. The maximum Gasteiger partial charge on any atom is 0.330 e. The number of ether oxygens (including phenoxy) is 1. The molecule has 0 aromatic carbocycles. The van der Waals surface area contributed by atoms with Crippen LogP contribution in [0.4, 0.5) is 0 Å². The third kappa shape index (κ3) is 5.46. The van der Waals surface area contributed by atoms with Gasteiger partial charge in [0.1, 0.15) is 0 Å². The zero-order valence-corrected chi connectivity index (χ0v) is 7.08. The fourth-order valence-corrected chi connectivity index (χ4v) is 0.592. The van der Waals surface area contributed by atoms with E-state index in [-0.39, 0.29) is 5.92 Å². The predicted molar refractivity (Wildman–Crippen MR) is 44.4 cm³/mol. The van der Waals surface area contributed by atoms with Gasteiger partial charge in [-0.2, -0.15) is 0 Å². The summed E-state index contributed by atoms with van der Waals surface area (Å²) >= 11 is 0. The van der Waals surface area contributed by atoms with Gasteiger partial charge in [0.2, 0.25) is 6.41 Å². The molecule has 0 saturated heterocycles. The van der Waals surface area contributed by atoms with Crippen molar-refractivity contribution in [2.75, 3.05) is 13.2 Å².